The zero-order valence-corrected chi connectivity index (χ0v) is 11.4. The molecule has 5 nitrogen and oxygen atoms in total. The first-order valence-corrected chi connectivity index (χ1v) is 6.24. The maximum atomic E-state index is 12.6. The number of carbonyl (C=O) groups excluding carboxylic acids is 3. The van der Waals surface area contributed by atoms with E-state index in [1.54, 1.807) is 38.1 Å². The zero-order valence-electron chi connectivity index (χ0n) is 11.4. The van der Waals surface area contributed by atoms with E-state index >= 15 is 0 Å². The largest absolute Gasteiger partial charge is 0.436 e. The normalized spacial score (nSPS) is 25.4. The minimum absolute atomic E-state index is 0.385. The molecule has 2 amide bonds. The number of carbonyl (C=O) groups is 3. The lowest BCUT2D eigenvalue weighted by atomic mass is 9.79. The quantitative estimate of drug-likeness (QED) is 0.528. The molecule has 0 N–H and O–H groups in total. The third-order valence-electron chi connectivity index (χ3n) is 4.09. The average Bonchev–Trinajstić information content (AvgIpc) is 2.69. The van der Waals surface area contributed by atoms with Crippen LogP contribution in [0.3, 0.4) is 0 Å². The van der Waals surface area contributed by atoms with Crippen molar-refractivity contribution < 1.29 is 19.1 Å². The summed E-state index contributed by atoms with van der Waals surface area (Å²) in [6.07, 6.45) is 0. The summed E-state index contributed by atoms with van der Waals surface area (Å²) in [6.45, 7) is 3.32. The smallest absolute Gasteiger partial charge is 0.335 e. The average molecular weight is 271 g/mol. The first-order valence-electron chi connectivity index (χ1n) is 6.24. The Morgan fingerprint density at radius 1 is 1.10 bits per heavy atom. The number of rotatable bonds is 0. The van der Waals surface area contributed by atoms with Gasteiger partial charge in [-0.3, -0.25) is 14.5 Å². The van der Waals surface area contributed by atoms with Gasteiger partial charge in [0.05, 0.1) is 0 Å². The van der Waals surface area contributed by atoms with E-state index < -0.39 is 17.5 Å². The summed E-state index contributed by atoms with van der Waals surface area (Å²) >= 11 is 0. The fourth-order valence-electron chi connectivity index (χ4n) is 2.77. The van der Waals surface area contributed by atoms with Gasteiger partial charge in [0.15, 0.2) is 0 Å². The summed E-state index contributed by atoms with van der Waals surface area (Å²) in [5, 5.41) is 0. The number of amides is 2. The maximum absolute atomic E-state index is 12.6. The van der Waals surface area contributed by atoms with Crippen LogP contribution in [0.5, 0.6) is 0 Å². The van der Waals surface area contributed by atoms with Crippen LogP contribution in [0.25, 0.3) is 0 Å². The zero-order chi connectivity index (χ0) is 14.7. The van der Waals surface area contributed by atoms with Crippen LogP contribution in [0.1, 0.15) is 29.8 Å². The van der Waals surface area contributed by atoms with Crippen LogP contribution in [-0.4, -0.2) is 29.7 Å². The van der Waals surface area contributed by atoms with Crippen molar-refractivity contribution >= 4 is 17.8 Å². The molecule has 5 heteroatoms. The van der Waals surface area contributed by atoms with Gasteiger partial charge in [0.1, 0.15) is 0 Å². The van der Waals surface area contributed by atoms with Crippen LogP contribution in [0.4, 0.5) is 0 Å². The Morgan fingerprint density at radius 2 is 1.75 bits per heavy atom. The monoisotopic (exact) mass is 271 g/mol. The van der Waals surface area contributed by atoms with Crippen LogP contribution in [0.2, 0.25) is 0 Å². The Bertz CT molecular complexity index is 704. The molecule has 0 saturated heterocycles. The number of nitrogens with zero attached hydrogens (tertiary/aromatic N) is 1. The molecule has 1 spiro atoms. The molecule has 0 aliphatic carbocycles. The first kappa shape index (κ1) is 12.6. The Kier molecular flexibility index (Phi) is 2.38. The molecule has 0 fully saturated rings. The molecule has 0 aromatic heterocycles. The number of likely N-dealkylation sites (N-methyl/N-ethyl adjacent to an activating group) is 1. The van der Waals surface area contributed by atoms with E-state index in [0.717, 1.165) is 4.90 Å². The summed E-state index contributed by atoms with van der Waals surface area (Å²) in [7, 11) is 1.40. The van der Waals surface area contributed by atoms with Gasteiger partial charge in [-0.25, -0.2) is 4.79 Å². The number of ether oxygens (including phenoxy) is 1. The fourth-order valence-corrected chi connectivity index (χ4v) is 2.77. The molecule has 20 heavy (non-hydrogen) atoms. The Hall–Kier alpha value is -2.43. The molecule has 0 radical (unpaired) electrons. The number of hydrogen-bond acceptors (Lipinski definition) is 4. The molecule has 1 aromatic carbocycles. The summed E-state index contributed by atoms with van der Waals surface area (Å²) in [6, 6.07) is 6.74. The number of hydrogen-bond donors (Lipinski definition) is 0. The maximum Gasteiger partial charge on any atom is 0.335 e. The van der Waals surface area contributed by atoms with Crippen molar-refractivity contribution in [1.82, 2.24) is 4.90 Å². The first-order chi connectivity index (χ1) is 9.41. The van der Waals surface area contributed by atoms with Crippen LogP contribution in [-0.2, 0) is 19.9 Å². The summed E-state index contributed by atoms with van der Waals surface area (Å²) in [5.74, 6) is -1.43. The van der Waals surface area contributed by atoms with Crippen LogP contribution in [0, 0.1) is 0 Å². The molecule has 2 aliphatic rings. The summed E-state index contributed by atoms with van der Waals surface area (Å²) < 4.78 is 5.42. The molecule has 0 bridgehead atoms. The second-order valence-corrected chi connectivity index (χ2v) is 5.04. The highest BCUT2D eigenvalue weighted by molar-refractivity contribution is 6.15. The molecule has 2 heterocycles. The van der Waals surface area contributed by atoms with Gasteiger partial charge in [-0.1, -0.05) is 18.2 Å². The SMILES string of the molecule is CC1=C(C)C2(OC1=O)C(=O)N(C)C(=O)c1ccccc12. The molecule has 0 saturated carbocycles. The fraction of sp³-hybridized carbons (Fsp3) is 0.267. The Morgan fingerprint density at radius 3 is 2.35 bits per heavy atom. The standard InChI is InChI=1S/C15H13NO4/c1-8-9(2)15(20-13(8)18)11-7-5-4-6-10(11)12(17)16(3)14(15)19/h4-7H,1-3H3. The number of esters is 1. The number of imide groups is 1. The summed E-state index contributed by atoms with van der Waals surface area (Å²) in [4.78, 5) is 37.7. The van der Waals surface area contributed by atoms with Crippen molar-refractivity contribution in [3.8, 4) is 0 Å². The minimum Gasteiger partial charge on any atom is -0.436 e. The highest BCUT2D eigenvalue weighted by Gasteiger charge is 2.57. The molecule has 1 atom stereocenters. The highest BCUT2D eigenvalue weighted by Crippen LogP contribution is 2.46. The van der Waals surface area contributed by atoms with Gasteiger partial charge < -0.3 is 4.74 Å². The van der Waals surface area contributed by atoms with E-state index in [-0.39, 0.29) is 5.91 Å². The lowest BCUT2D eigenvalue weighted by molar-refractivity contribution is -0.163. The lowest BCUT2D eigenvalue weighted by Gasteiger charge is -2.37. The predicted octanol–water partition coefficient (Wildman–Crippen LogP) is 1.39. The lowest BCUT2D eigenvalue weighted by Crippen LogP contribution is -2.53. The Balaban J connectivity index is 2.37. The second-order valence-electron chi connectivity index (χ2n) is 5.04. The molecular weight excluding hydrogens is 258 g/mol. The van der Waals surface area contributed by atoms with Gasteiger partial charge in [-0.15, -0.1) is 0 Å². The van der Waals surface area contributed by atoms with Gasteiger partial charge in [0, 0.05) is 23.7 Å². The molecular formula is C15H13NO4. The number of benzene rings is 1. The van der Waals surface area contributed by atoms with Crippen molar-refractivity contribution in [2.45, 2.75) is 19.4 Å². The van der Waals surface area contributed by atoms with Crippen molar-refractivity contribution in [2.24, 2.45) is 0 Å². The second kappa shape index (κ2) is 3.79. The van der Waals surface area contributed by atoms with Crippen molar-refractivity contribution in [3.63, 3.8) is 0 Å². The summed E-state index contributed by atoms with van der Waals surface area (Å²) in [5.41, 5.74) is 0.294. The van der Waals surface area contributed by atoms with Crippen molar-refractivity contribution in [2.75, 3.05) is 7.05 Å². The van der Waals surface area contributed by atoms with Gasteiger partial charge >= 0.3 is 5.97 Å². The van der Waals surface area contributed by atoms with Crippen LogP contribution in [0.15, 0.2) is 35.4 Å². The van der Waals surface area contributed by atoms with Crippen LogP contribution >= 0.6 is 0 Å². The van der Waals surface area contributed by atoms with E-state index in [9.17, 15) is 14.4 Å². The molecule has 1 aromatic rings. The molecule has 1 unspecified atom stereocenters. The number of fused-ring (bicyclic) bond motifs is 2. The van der Waals surface area contributed by atoms with E-state index in [2.05, 4.69) is 0 Å². The molecule has 2 aliphatic heterocycles. The Labute approximate surface area is 115 Å². The predicted molar refractivity (Wildman–Crippen MR) is 69.7 cm³/mol. The van der Waals surface area contributed by atoms with Gasteiger partial charge in [0.25, 0.3) is 11.8 Å². The third kappa shape index (κ3) is 1.24. The third-order valence-corrected chi connectivity index (χ3v) is 4.09. The van der Waals surface area contributed by atoms with E-state index in [1.165, 1.54) is 7.05 Å². The van der Waals surface area contributed by atoms with Crippen molar-refractivity contribution in [1.29, 1.82) is 0 Å². The topological polar surface area (TPSA) is 63.7 Å². The van der Waals surface area contributed by atoms with Gasteiger partial charge in [-0.2, -0.15) is 0 Å². The van der Waals surface area contributed by atoms with E-state index in [0.29, 0.717) is 22.3 Å². The van der Waals surface area contributed by atoms with E-state index in [1.807, 2.05) is 0 Å². The van der Waals surface area contributed by atoms with Gasteiger partial charge in [0.2, 0.25) is 5.60 Å². The molecule has 3 rings (SSSR count). The van der Waals surface area contributed by atoms with Gasteiger partial charge in [-0.05, 0) is 25.5 Å². The minimum atomic E-state index is -1.49. The van der Waals surface area contributed by atoms with E-state index in [4.69, 9.17) is 4.74 Å². The highest BCUT2D eigenvalue weighted by atomic mass is 16.6. The molecule has 102 valence electrons. The van der Waals surface area contributed by atoms with Crippen LogP contribution < -0.4 is 0 Å². The van der Waals surface area contributed by atoms with Crippen molar-refractivity contribution in [3.05, 3.63) is 46.5 Å².